The number of para-hydroxylation sites is 1. The van der Waals surface area contributed by atoms with Gasteiger partial charge >= 0.3 is 0 Å². The van der Waals surface area contributed by atoms with E-state index in [0.717, 1.165) is 31.4 Å². The van der Waals surface area contributed by atoms with E-state index in [9.17, 15) is 5.11 Å². The molecule has 19 heavy (non-hydrogen) atoms. The molecule has 0 atom stereocenters. The van der Waals surface area contributed by atoms with Crippen molar-refractivity contribution in [2.45, 2.75) is 38.2 Å². The number of hydrogen-bond donors (Lipinski definition) is 3. The average Bonchev–Trinajstić information content (AvgIpc) is 2.41. The summed E-state index contributed by atoms with van der Waals surface area (Å²) in [4.78, 5) is 0. The van der Waals surface area contributed by atoms with Crippen molar-refractivity contribution in [3.05, 3.63) is 23.8 Å². The average molecular weight is 259 g/mol. The summed E-state index contributed by atoms with van der Waals surface area (Å²) >= 11 is 0. The Labute approximate surface area is 114 Å². The Morgan fingerprint density at radius 1 is 1.47 bits per heavy atom. The lowest BCUT2D eigenvalue weighted by Crippen LogP contribution is -2.40. The molecule has 1 aliphatic rings. The van der Waals surface area contributed by atoms with Crippen LogP contribution in [0.4, 0.5) is 11.4 Å². The lowest BCUT2D eigenvalue weighted by atomic mass is 9.79. The van der Waals surface area contributed by atoms with Crippen LogP contribution in [0, 0.1) is 17.2 Å². The molecule has 1 aromatic rings. The number of nitrogen functional groups attached to an aromatic ring is 1. The van der Waals surface area contributed by atoms with Gasteiger partial charge in [0.15, 0.2) is 0 Å². The number of hydrogen-bond acceptors (Lipinski definition) is 4. The fourth-order valence-corrected chi connectivity index (χ4v) is 2.55. The van der Waals surface area contributed by atoms with Crippen LogP contribution in [0.1, 0.15) is 38.2 Å². The summed E-state index contributed by atoms with van der Waals surface area (Å²) in [6, 6.07) is 7.39. The molecule has 1 aromatic carbocycles. The standard InChI is InChI=1S/C15H21N3O/c1-11-5-7-15(19,8-6-11)10-18-13-4-2-3-12(9-16)14(13)17/h2-4,11,18-19H,5-8,10,17H2,1H3. The van der Waals surface area contributed by atoms with Crippen molar-refractivity contribution in [1.82, 2.24) is 0 Å². The van der Waals surface area contributed by atoms with Gasteiger partial charge in [-0.2, -0.15) is 5.26 Å². The molecule has 2 rings (SSSR count). The lowest BCUT2D eigenvalue weighted by molar-refractivity contribution is 0.00502. The first-order chi connectivity index (χ1) is 9.04. The van der Waals surface area contributed by atoms with E-state index in [1.54, 1.807) is 12.1 Å². The van der Waals surface area contributed by atoms with E-state index < -0.39 is 5.60 Å². The maximum absolute atomic E-state index is 10.5. The number of nitrogens with zero attached hydrogens (tertiary/aromatic N) is 1. The highest BCUT2D eigenvalue weighted by Crippen LogP contribution is 2.32. The zero-order chi connectivity index (χ0) is 13.9. The summed E-state index contributed by atoms with van der Waals surface area (Å²) in [5, 5.41) is 22.6. The predicted molar refractivity (Wildman–Crippen MR) is 76.6 cm³/mol. The topological polar surface area (TPSA) is 82.1 Å². The van der Waals surface area contributed by atoms with Crippen LogP contribution in [0.3, 0.4) is 0 Å². The van der Waals surface area contributed by atoms with Gasteiger partial charge in [-0.15, -0.1) is 0 Å². The molecule has 0 spiro atoms. The molecule has 0 heterocycles. The maximum Gasteiger partial charge on any atom is 0.101 e. The third-order valence-electron chi connectivity index (χ3n) is 4.04. The molecular formula is C15H21N3O. The minimum atomic E-state index is -0.651. The smallest absolute Gasteiger partial charge is 0.101 e. The second-order valence-electron chi connectivity index (χ2n) is 5.64. The summed E-state index contributed by atoms with van der Waals surface area (Å²) in [6.07, 6.45) is 3.76. The van der Waals surface area contributed by atoms with Gasteiger partial charge in [-0.3, -0.25) is 0 Å². The number of aliphatic hydroxyl groups is 1. The molecule has 4 N–H and O–H groups in total. The third-order valence-corrected chi connectivity index (χ3v) is 4.04. The summed E-state index contributed by atoms with van der Waals surface area (Å²) in [5.41, 5.74) is 6.91. The van der Waals surface area contributed by atoms with Gasteiger partial charge in [0.05, 0.1) is 22.5 Å². The van der Waals surface area contributed by atoms with Gasteiger partial charge in [-0.05, 0) is 43.7 Å². The van der Waals surface area contributed by atoms with Crippen molar-refractivity contribution in [2.75, 3.05) is 17.6 Å². The van der Waals surface area contributed by atoms with E-state index in [1.165, 1.54) is 0 Å². The summed E-state index contributed by atoms with van der Waals surface area (Å²) in [6.45, 7) is 2.71. The minimum Gasteiger partial charge on any atom is -0.396 e. The Hall–Kier alpha value is -1.73. The zero-order valence-electron chi connectivity index (χ0n) is 11.3. The fraction of sp³-hybridized carbons (Fsp3) is 0.533. The van der Waals surface area contributed by atoms with Gasteiger partial charge in [0.1, 0.15) is 6.07 Å². The van der Waals surface area contributed by atoms with E-state index in [-0.39, 0.29) is 0 Å². The highest BCUT2D eigenvalue weighted by atomic mass is 16.3. The molecule has 0 amide bonds. The second kappa shape index (κ2) is 5.50. The van der Waals surface area contributed by atoms with Crippen molar-refractivity contribution in [3.8, 4) is 6.07 Å². The molecular weight excluding hydrogens is 238 g/mol. The molecule has 1 fully saturated rings. The number of nitriles is 1. The van der Waals surface area contributed by atoms with E-state index in [0.29, 0.717) is 23.7 Å². The largest absolute Gasteiger partial charge is 0.396 e. The first kappa shape index (κ1) is 13.7. The van der Waals surface area contributed by atoms with Crippen LogP contribution in [0.2, 0.25) is 0 Å². The highest BCUT2D eigenvalue weighted by Gasteiger charge is 2.31. The molecule has 0 radical (unpaired) electrons. The molecule has 1 saturated carbocycles. The van der Waals surface area contributed by atoms with E-state index in [1.807, 2.05) is 6.07 Å². The van der Waals surface area contributed by atoms with E-state index >= 15 is 0 Å². The van der Waals surface area contributed by atoms with Crippen molar-refractivity contribution in [1.29, 1.82) is 5.26 Å². The van der Waals surface area contributed by atoms with Gasteiger partial charge in [-0.1, -0.05) is 13.0 Å². The molecule has 4 nitrogen and oxygen atoms in total. The molecule has 4 heteroatoms. The van der Waals surface area contributed by atoms with Crippen LogP contribution in [0.5, 0.6) is 0 Å². The molecule has 0 unspecified atom stereocenters. The first-order valence-electron chi connectivity index (χ1n) is 6.79. The first-order valence-corrected chi connectivity index (χ1v) is 6.79. The van der Waals surface area contributed by atoms with Crippen LogP contribution >= 0.6 is 0 Å². The van der Waals surface area contributed by atoms with Crippen molar-refractivity contribution >= 4 is 11.4 Å². The maximum atomic E-state index is 10.5. The van der Waals surface area contributed by atoms with Crippen LogP contribution < -0.4 is 11.1 Å². The van der Waals surface area contributed by atoms with Gasteiger partial charge in [0.2, 0.25) is 0 Å². The zero-order valence-corrected chi connectivity index (χ0v) is 11.3. The summed E-state index contributed by atoms with van der Waals surface area (Å²) in [5.74, 6) is 0.701. The monoisotopic (exact) mass is 259 g/mol. The molecule has 1 aliphatic carbocycles. The molecule has 102 valence electrons. The van der Waals surface area contributed by atoms with Crippen LogP contribution in [0.25, 0.3) is 0 Å². The lowest BCUT2D eigenvalue weighted by Gasteiger charge is -2.35. The van der Waals surface area contributed by atoms with Crippen molar-refractivity contribution < 1.29 is 5.11 Å². The quantitative estimate of drug-likeness (QED) is 0.728. The second-order valence-corrected chi connectivity index (χ2v) is 5.64. The molecule has 0 aromatic heterocycles. The van der Waals surface area contributed by atoms with E-state index in [2.05, 4.69) is 18.3 Å². The molecule has 0 aliphatic heterocycles. The Morgan fingerprint density at radius 3 is 2.79 bits per heavy atom. The van der Waals surface area contributed by atoms with E-state index in [4.69, 9.17) is 11.0 Å². The van der Waals surface area contributed by atoms with Crippen LogP contribution in [0.15, 0.2) is 18.2 Å². The third kappa shape index (κ3) is 3.18. The van der Waals surface area contributed by atoms with Gasteiger partial charge in [0.25, 0.3) is 0 Å². The van der Waals surface area contributed by atoms with Gasteiger partial charge in [-0.25, -0.2) is 0 Å². The summed E-state index contributed by atoms with van der Waals surface area (Å²) < 4.78 is 0. The Bertz CT molecular complexity index is 485. The van der Waals surface area contributed by atoms with Gasteiger partial charge in [0, 0.05) is 6.54 Å². The number of nitrogens with one attached hydrogen (secondary N) is 1. The normalized spacial score (nSPS) is 26.7. The van der Waals surface area contributed by atoms with Crippen molar-refractivity contribution in [3.63, 3.8) is 0 Å². The highest BCUT2D eigenvalue weighted by molar-refractivity contribution is 5.72. The number of anilines is 2. The van der Waals surface area contributed by atoms with Crippen molar-refractivity contribution in [2.24, 2.45) is 5.92 Å². The Morgan fingerprint density at radius 2 is 2.16 bits per heavy atom. The molecule has 0 saturated heterocycles. The predicted octanol–water partition coefficient (Wildman–Crippen LogP) is 2.49. The Balaban J connectivity index is 2.01. The SMILES string of the molecule is CC1CCC(O)(CNc2cccc(C#N)c2N)CC1. The summed E-state index contributed by atoms with van der Waals surface area (Å²) in [7, 11) is 0. The number of benzene rings is 1. The fourth-order valence-electron chi connectivity index (χ4n) is 2.55. The van der Waals surface area contributed by atoms with Crippen LogP contribution in [-0.2, 0) is 0 Å². The number of rotatable bonds is 3. The van der Waals surface area contributed by atoms with Gasteiger partial charge < -0.3 is 16.2 Å². The molecule has 0 bridgehead atoms. The Kier molecular flexibility index (Phi) is 3.96. The van der Waals surface area contributed by atoms with Crippen LogP contribution in [-0.4, -0.2) is 17.3 Å². The number of nitrogens with two attached hydrogens (primary N) is 1. The minimum absolute atomic E-state index is 0.456.